The Morgan fingerprint density at radius 1 is 1.39 bits per heavy atom. The highest BCUT2D eigenvalue weighted by Crippen LogP contribution is 2.16. The fourth-order valence-electron chi connectivity index (χ4n) is 1.46. The van der Waals surface area contributed by atoms with Gasteiger partial charge < -0.3 is 15.0 Å². The van der Waals surface area contributed by atoms with Crippen LogP contribution in [-0.4, -0.2) is 29.8 Å². The van der Waals surface area contributed by atoms with E-state index >= 15 is 0 Å². The molecule has 0 aliphatic heterocycles. The first kappa shape index (κ1) is 15.0. The van der Waals surface area contributed by atoms with Crippen LogP contribution in [0.5, 0.6) is 0 Å². The summed E-state index contributed by atoms with van der Waals surface area (Å²) in [5.74, 6) is 1.25. The van der Waals surface area contributed by atoms with Crippen molar-refractivity contribution in [2.75, 3.05) is 13.2 Å². The number of halogens is 2. The zero-order valence-electron chi connectivity index (χ0n) is 10.6. The minimum Gasteiger partial charge on any atom is -0.375 e. The molecule has 0 saturated heterocycles. The zero-order chi connectivity index (χ0) is 13.5. The molecule has 0 bridgehead atoms. The molecule has 0 aliphatic rings. The van der Waals surface area contributed by atoms with Gasteiger partial charge in [-0.15, -0.1) is 0 Å². The second-order valence-corrected chi connectivity index (χ2v) is 4.50. The molecule has 1 rings (SSSR count). The molecule has 0 aromatic carbocycles. The van der Waals surface area contributed by atoms with Crippen molar-refractivity contribution in [1.82, 2.24) is 10.1 Å². The van der Waals surface area contributed by atoms with Crippen LogP contribution in [0, 0.1) is 5.92 Å². The first-order chi connectivity index (χ1) is 8.49. The van der Waals surface area contributed by atoms with E-state index in [0.29, 0.717) is 24.1 Å². The van der Waals surface area contributed by atoms with Gasteiger partial charge in [0.15, 0.2) is 5.82 Å². The summed E-state index contributed by atoms with van der Waals surface area (Å²) >= 11 is 0. The SMILES string of the molecule is CC(C)C[C@@H](N)c1nc(CCOCC(F)F)no1. The van der Waals surface area contributed by atoms with Crippen molar-refractivity contribution in [3.63, 3.8) is 0 Å². The molecular weight excluding hydrogens is 244 g/mol. The number of hydrogen-bond acceptors (Lipinski definition) is 5. The highest BCUT2D eigenvalue weighted by Gasteiger charge is 2.16. The van der Waals surface area contributed by atoms with E-state index in [9.17, 15) is 8.78 Å². The molecule has 1 heterocycles. The van der Waals surface area contributed by atoms with E-state index in [1.807, 2.05) is 0 Å². The number of nitrogens with two attached hydrogens (primary N) is 1. The van der Waals surface area contributed by atoms with Crippen LogP contribution in [0.4, 0.5) is 8.78 Å². The predicted octanol–water partition coefficient (Wildman–Crippen LogP) is 1.94. The lowest BCUT2D eigenvalue weighted by atomic mass is 10.0. The van der Waals surface area contributed by atoms with Crippen molar-refractivity contribution >= 4 is 0 Å². The van der Waals surface area contributed by atoms with Gasteiger partial charge in [-0.1, -0.05) is 19.0 Å². The second kappa shape index (κ2) is 7.38. The molecule has 1 aromatic rings. The Morgan fingerprint density at radius 3 is 2.72 bits per heavy atom. The average Bonchev–Trinajstić information content (AvgIpc) is 2.72. The first-order valence-corrected chi connectivity index (χ1v) is 5.93. The number of rotatable bonds is 8. The molecule has 0 aliphatic carbocycles. The lowest BCUT2D eigenvalue weighted by molar-refractivity contribution is 0.0182. The van der Waals surface area contributed by atoms with Crippen molar-refractivity contribution in [1.29, 1.82) is 0 Å². The fourth-order valence-corrected chi connectivity index (χ4v) is 1.46. The number of ether oxygens (including phenoxy) is 1. The third-order valence-corrected chi connectivity index (χ3v) is 2.24. The van der Waals surface area contributed by atoms with Crippen molar-refractivity contribution < 1.29 is 18.0 Å². The Morgan fingerprint density at radius 2 is 2.11 bits per heavy atom. The average molecular weight is 263 g/mol. The van der Waals surface area contributed by atoms with Crippen LogP contribution < -0.4 is 5.73 Å². The van der Waals surface area contributed by atoms with Crippen LogP contribution in [0.2, 0.25) is 0 Å². The van der Waals surface area contributed by atoms with Crippen LogP contribution in [0.1, 0.15) is 38.0 Å². The summed E-state index contributed by atoms with van der Waals surface area (Å²) in [6, 6.07) is -0.284. The molecule has 1 aromatic heterocycles. The van der Waals surface area contributed by atoms with Crippen LogP contribution in [0.25, 0.3) is 0 Å². The van der Waals surface area contributed by atoms with Gasteiger partial charge in [-0.05, 0) is 12.3 Å². The molecule has 0 amide bonds. The van der Waals surface area contributed by atoms with Crippen LogP contribution in [0.15, 0.2) is 4.52 Å². The summed E-state index contributed by atoms with van der Waals surface area (Å²) in [5.41, 5.74) is 5.88. The van der Waals surface area contributed by atoms with Crippen molar-refractivity contribution in [3.8, 4) is 0 Å². The first-order valence-electron chi connectivity index (χ1n) is 5.93. The fraction of sp³-hybridized carbons (Fsp3) is 0.818. The molecule has 104 valence electrons. The number of aromatic nitrogens is 2. The number of alkyl halides is 2. The van der Waals surface area contributed by atoms with E-state index in [-0.39, 0.29) is 12.6 Å². The third kappa shape index (κ3) is 5.50. The summed E-state index contributed by atoms with van der Waals surface area (Å²) in [7, 11) is 0. The summed E-state index contributed by atoms with van der Waals surface area (Å²) < 4.78 is 33.3. The quantitative estimate of drug-likeness (QED) is 0.725. The summed E-state index contributed by atoms with van der Waals surface area (Å²) in [4.78, 5) is 4.11. The number of hydrogen-bond donors (Lipinski definition) is 1. The third-order valence-electron chi connectivity index (χ3n) is 2.24. The maximum Gasteiger partial charge on any atom is 0.261 e. The summed E-state index contributed by atoms with van der Waals surface area (Å²) in [6.07, 6.45) is -1.36. The molecule has 0 spiro atoms. The van der Waals surface area contributed by atoms with Gasteiger partial charge in [0.1, 0.15) is 6.61 Å². The van der Waals surface area contributed by atoms with Crippen LogP contribution >= 0.6 is 0 Å². The molecule has 5 nitrogen and oxygen atoms in total. The minimum atomic E-state index is -2.45. The molecule has 1 atom stereocenters. The van der Waals surface area contributed by atoms with Gasteiger partial charge in [-0.2, -0.15) is 4.98 Å². The molecule has 0 fully saturated rings. The van der Waals surface area contributed by atoms with Gasteiger partial charge in [0, 0.05) is 6.42 Å². The second-order valence-electron chi connectivity index (χ2n) is 4.50. The molecular formula is C11H19F2N3O2. The smallest absolute Gasteiger partial charge is 0.261 e. The summed E-state index contributed by atoms with van der Waals surface area (Å²) in [6.45, 7) is 3.67. The largest absolute Gasteiger partial charge is 0.375 e. The van der Waals surface area contributed by atoms with Gasteiger partial charge in [0.25, 0.3) is 6.43 Å². The lowest BCUT2D eigenvalue weighted by Gasteiger charge is -2.08. The molecule has 2 N–H and O–H groups in total. The number of nitrogens with zero attached hydrogens (tertiary/aromatic N) is 2. The van der Waals surface area contributed by atoms with Crippen LogP contribution in [-0.2, 0) is 11.2 Å². The minimum absolute atomic E-state index is 0.142. The highest BCUT2D eigenvalue weighted by atomic mass is 19.3. The summed E-state index contributed by atoms with van der Waals surface area (Å²) in [5, 5.41) is 3.73. The molecule has 7 heteroatoms. The predicted molar refractivity (Wildman–Crippen MR) is 61.2 cm³/mol. The van der Waals surface area contributed by atoms with E-state index in [1.165, 1.54) is 0 Å². The monoisotopic (exact) mass is 263 g/mol. The van der Waals surface area contributed by atoms with E-state index in [0.717, 1.165) is 6.42 Å². The Kier molecular flexibility index (Phi) is 6.14. The topological polar surface area (TPSA) is 74.2 Å². The van der Waals surface area contributed by atoms with Gasteiger partial charge in [-0.3, -0.25) is 0 Å². The molecule has 18 heavy (non-hydrogen) atoms. The van der Waals surface area contributed by atoms with Gasteiger partial charge in [0.05, 0.1) is 12.6 Å². The molecule has 0 saturated carbocycles. The Balaban J connectivity index is 2.34. The van der Waals surface area contributed by atoms with Crippen LogP contribution in [0.3, 0.4) is 0 Å². The van der Waals surface area contributed by atoms with Crippen molar-refractivity contribution in [3.05, 3.63) is 11.7 Å². The normalized spacial score (nSPS) is 13.5. The maximum atomic E-state index is 11.8. The Bertz CT molecular complexity index is 345. The molecule has 0 unspecified atom stereocenters. The van der Waals surface area contributed by atoms with Crippen molar-refractivity contribution in [2.45, 2.75) is 39.2 Å². The van der Waals surface area contributed by atoms with E-state index in [2.05, 4.69) is 24.0 Å². The Hall–Kier alpha value is -1.08. The molecule has 0 radical (unpaired) electrons. The van der Waals surface area contributed by atoms with E-state index in [1.54, 1.807) is 0 Å². The van der Waals surface area contributed by atoms with Crippen molar-refractivity contribution in [2.24, 2.45) is 11.7 Å². The van der Waals surface area contributed by atoms with E-state index < -0.39 is 13.0 Å². The van der Waals surface area contributed by atoms with Gasteiger partial charge >= 0.3 is 0 Å². The van der Waals surface area contributed by atoms with Gasteiger partial charge in [0.2, 0.25) is 5.89 Å². The van der Waals surface area contributed by atoms with Gasteiger partial charge in [-0.25, -0.2) is 8.78 Å². The maximum absolute atomic E-state index is 11.8. The zero-order valence-corrected chi connectivity index (χ0v) is 10.6. The van der Waals surface area contributed by atoms with E-state index in [4.69, 9.17) is 15.0 Å². The standard InChI is InChI=1S/C11H19F2N3O2/c1-7(2)5-8(14)11-15-10(16-18-11)3-4-17-6-9(12)13/h7-9H,3-6,14H2,1-2H3/t8-/m1/s1. The Labute approximate surface area is 105 Å². The highest BCUT2D eigenvalue weighted by molar-refractivity contribution is 4.92. The lowest BCUT2D eigenvalue weighted by Crippen LogP contribution is -2.13.